The molecule has 2 heterocycles. The summed E-state index contributed by atoms with van der Waals surface area (Å²) in [6.07, 6.45) is 0. The highest BCUT2D eigenvalue weighted by Gasteiger charge is 2.20. The van der Waals surface area contributed by atoms with Gasteiger partial charge in [-0.15, -0.1) is 0 Å². The fraction of sp³-hybridized carbons (Fsp3) is 0.100. The number of thiophene rings is 1. The molecule has 154 valence electrons. The van der Waals surface area contributed by atoms with Crippen LogP contribution in [0.3, 0.4) is 0 Å². The van der Waals surface area contributed by atoms with E-state index in [0.29, 0.717) is 28.2 Å². The number of fused-ring (bicyclic) bond motifs is 1. The van der Waals surface area contributed by atoms with Crippen molar-refractivity contribution in [2.24, 2.45) is 0 Å². The van der Waals surface area contributed by atoms with E-state index < -0.39 is 10.0 Å². The molecule has 0 aliphatic carbocycles. The maximum Gasteiger partial charge on any atom is 0.263 e. The molecule has 4 aromatic rings. The summed E-state index contributed by atoms with van der Waals surface area (Å²) >= 11 is 1.29. The summed E-state index contributed by atoms with van der Waals surface area (Å²) in [5, 5.41) is 6.37. The van der Waals surface area contributed by atoms with Crippen LogP contribution in [-0.4, -0.2) is 32.6 Å². The molecule has 0 amide bonds. The molecule has 2 aromatic heterocycles. The maximum absolute atomic E-state index is 12.8. The van der Waals surface area contributed by atoms with E-state index in [-0.39, 0.29) is 16.5 Å². The quantitative estimate of drug-likeness (QED) is 0.441. The molecule has 0 saturated carbocycles. The third-order valence-corrected chi connectivity index (χ3v) is 6.44. The predicted molar refractivity (Wildman–Crippen MR) is 117 cm³/mol. The molecule has 0 saturated heterocycles. The van der Waals surface area contributed by atoms with Gasteiger partial charge in [-0.3, -0.25) is 4.72 Å². The molecule has 0 fully saturated rings. The highest BCUT2D eigenvalue weighted by molar-refractivity contribution is 7.92. The van der Waals surface area contributed by atoms with E-state index in [1.165, 1.54) is 17.4 Å². The second-order valence-electron chi connectivity index (χ2n) is 6.17. The molecule has 2 aromatic carbocycles. The molecule has 30 heavy (non-hydrogen) atoms. The predicted octanol–water partition coefficient (Wildman–Crippen LogP) is 4.25. The monoisotopic (exact) mass is 442 g/mol. The molecule has 0 atom stereocenters. The Kier molecular flexibility index (Phi) is 5.42. The molecule has 2 N–H and O–H groups in total. The summed E-state index contributed by atoms with van der Waals surface area (Å²) < 4.78 is 38.8. The number of para-hydroxylation sites is 2. The van der Waals surface area contributed by atoms with Crippen molar-refractivity contribution < 1.29 is 17.9 Å². The topological polar surface area (TPSA) is 102 Å². The van der Waals surface area contributed by atoms with E-state index >= 15 is 0 Å². The Balaban J connectivity index is 1.81. The van der Waals surface area contributed by atoms with Crippen LogP contribution in [0.4, 0.5) is 17.3 Å². The standard InChI is InChI=1S/C20H18N4O4S2/c1-27-13-7-8-18(28-2)17(11-13)23-19-20(22-16-6-4-3-5-15(16)21-19)24-30(25,26)14-9-10-29-12-14/h3-12H,1-2H3,(H,21,23)(H,22,24). The Labute approximate surface area is 177 Å². The lowest BCUT2D eigenvalue weighted by molar-refractivity contribution is 0.405. The van der Waals surface area contributed by atoms with Gasteiger partial charge in [0.05, 0.1) is 35.8 Å². The van der Waals surface area contributed by atoms with E-state index in [1.807, 2.05) is 12.1 Å². The maximum atomic E-state index is 12.8. The number of methoxy groups -OCH3 is 2. The summed E-state index contributed by atoms with van der Waals surface area (Å²) in [6, 6.07) is 14.0. The number of anilines is 3. The van der Waals surface area contributed by atoms with Gasteiger partial charge in [0.15, 0.2) is 11.6 Å². The number of nitrogens with one attached hydrogen (secondary N) is 2. The normalized spacial score (nSPS) is 11.3. The SMILES string of the molecule is COc1ccc(OC)c(Nc2nc3ccccc3nc2NS(=O)(=O)c2ccsc2)c1. The lowest BCUT2D eigenvalue weighted by Gasteiger charge is -2.16. The first-order valence-electron chi connectivity index (χ1n) is 8.81. The molecule has 10 heteroatoms. The van der Waals surface area contributed by atoms with Crippen molar-refractivity contribution in [2.75, 3.05) is 24.3 Å². The lowest BCUT2D eigenvalue weighted by atomic mass is 10.2. The van der Waals surface area contributed by atoms with Crippen molar-refractivity contribution in [3.05, 3.63) is 59.3 Å². The molecular weight excluding hydrogens is 424 g/mol. The van der Waals surface area contributed by atoms with E-state index in [2.05, 4.69) is 20.0 Å². The number of nitrogens with zero attached hydrogens (tertiary/aromatic N) is 2. The van der Waals surface area contributed by atoms with Crippen molar-refractivity contribution in [1.82, 2.24) is 9.97 Å². The molecule has 0 unspecified atom stereocenters. The van der Waals surface area contributed by atoms with Gasteiger partial charge in [-0.1, -0.05) is 12.1 Å². The second kappa shape index (κ2) is 8.17. The van der Waals surface area contributed by atoms with Gasteiger partial charge in [0.1, 0.15) is 11.5 Å². The minimum absolute atomic E-state index is 0.0739. The molecule has 0 aliphatic heterocycles. The molecule has 0 bridgehead atoms. The van der Waals surface area contributed by atoms with Crippen LogP contribution < -0.4 is 19.5 Å². The van der Waals surface area contributed by atoms with E-state index in [1.54, 1.807) is 55.3 Å². The number of hydrogen-bond donors (Lipinski definition) is 2. The number of sulfonamides is 1. The Hall–Kier alpha value is -3.37. The average molecular weight is 443 g/mol. The van der Waals surface area contributed by atoms with Crippen molar-refractivity contribution in [1.29, 1.82) is 0 Å². The third-order valence-electron chi connectivity index (χ3n) is 4.27. The van der Waals surface area contributed by atoms with E-state index in [4.69, 9.17) is 9.47 Å². The van der Waals surface area contributed by atoms with Gasteiger partial charge in [-0.05, 0) is 35.7 Å². The molecule has 4 rings (SSSR count). The zero-order valence-corrected chi connectivity index (χ0v) is 17.8. The fourth-order valence-corrected chi connectivity index (χ4v) is 4.83. The summed E-state index contributed by atoms with van der Waals surface area (Å²) in [6.45, 7) is 0. The smallest absolute Gasteiger partial charge is 0.263 e. The largest absolute Gasteiger partial charge is 0.497 e. The van der Waals surface area contributed by atoms with Crippen LogP contribution >= 0.6 is 11.3 Å². The first kappa shape index (κ1) is 19.9. The van der Waals surface area contributed by atoms with Crippen molar-refractivity contribution in [3.63, 3.8) is 0 Å². The number of hydrogen-bond acceptors (Lipinski definition) is 8. The number of benzene rings is 2. The minimum Gasteiger partial charge on any atom is -0.497 e. The molecule has 8 nitrogen and oxygen atoms in total. The van der Waals surface area contributed by atoms with Crippen molar-refractivity contribution >= 4 is 49.7 Å². The molecule has 0 spiro atoms. The number of rotatable bonds is 7. The van der Waals surface area contributed by atoms with Gasteiger partial charge in [-0.2, -0.15) is 11.3 Å². The van der Waals surface area contributed by atoms with Crippen LogP contribution in [0.5, 0.6) is 11.5 Å². The highest BCUT2D eigenvalue weighted by atomic mass is 32.2. The lowest BCUT2D eigenvalue weighted by Crippen LogP contribution is -2.15. The Morgan fingerprint density at radius 2 is 1.67 bits per heavy atom. The highest BCUT2D eigenvalue weighted by Crippen LogP contribution is 2.34. The fourth-order valence-electron chi connectivity index (χ4n) is 2.79. The Morgan fingerprint density at radius 1 is 0.933 bits per heavy atom. The summed E-state index contributed by atoms with van der Waals surface area (Å²) in [7, 11) is -0.722. The van der Waals surface area contributed by atoms with E-state index in [9.17, 15) is 8.42 Å². The summed E-state index contributed by atoms with van der Waals surface area (Å²) in [5.41, 5.74) is 1.72. The third kappa shape index (κ3) is 4.00. The first-order valence-corrected chi connectivity index (χ1v) is 11.2. The van der Waals surface area contributed by atoms with Crippen LogP contribution in [0.25, 0.3) is 11.0 Å². The Morgan fingerprint density at radius 3 is 2.30 bits per heavy atom. The zero-order valence-electron chi connectivity index (χ0n) is 16.1. The van der Waals surface area contributed by atoms with Gasteiger partial charge in [0.2, 0.25) is 0 Å². The second-order valence-corrected chi connectivity index (χ2v) is 8.63. The summed E-state index contributed by atoms with van der Waals surface area (Å²) in [5.74, 6) is 1.45. The van der Waals surface area contributed by atoms with Gasteiger partial charge in [0.25, 0.3) is 10.0 Å². The van der Waals surface area contributed by atoms with Crippen LogP contribution in [0.2, 0.25) is 0 Å². The van der Waals surface area contributed by atoms with Gasteiger partial charge in [-0.25, -0.2) is 18.4 Å². The molecule has 0 radical (unpaired) electrons. The zero-order chi connectivity index (χ0) is 21.1. The van der Waals surface area contributed by atoms with Gasteiger partial charge in [0, 0.05) is 11.4 Å². The van der Waals surface area contributed by atoms with Crippen molar-refractivity contribution in [3.8, 4) is 11.5 Å². The van der Waals surface area contributed by atoms with Crippen LogP contribution in [0.1, 0.15) is 0 Å². The number of ether oxygens (including phenoxy) is 2. The van der Waals surface area contributed by atoms with Crippen LogP contribution in [-0.2, 0) is 10.0 Å². The van der Waals surface area contributed by atoms with E-state index in [0.717, 1.165) is 0 Å². The summed E-state index contributed by atoms with van der Waals surface area (Å²) in [4.78, 5) is 9.21. The molecular formula is C20H18N4O4S2. The Bertz CT molecular complexity index is 1290. The van der Waals surface area contributed by atoms with Gasteiger partial charge >= 0.3 is 0 Å². The first-order chi connectivity index (χ1) is 14.5. The number of aromatic nitrogens is 2. The van der Waals surface area contributed by atoms with Gasteiger partial charge < -0.3 is 14.8 Å². The van der Waals surface area contributed by atoms with Crippen LogP contribution in [0, 0.1) is 0 Å². The average Bonchev–Trinajstić information content (AvgIpc) is 3.30. The minimum atomic E-state index is -3.82. The van der Waals surface area contributed by atoms with Crippen LogP contribution in [0.15, 0.2) is 64.2 Å². The van der Waals surface area contributed by atoms with Crippen molar-refractivity contribution in [2.45, 2.75) is 4.90 Å². The molecule has 0 aliphatic rings.